The first-order chi connectivity index (χ1) is 13.9. The van der Waals surface area contributed by atoms with E-state index in [-0.39, 0.29) is 11.2 Å². The summed E-state index contributed by atoms with van der Waals surface area (Å²) in [5, 5.41) is 0.136. The number of nitrogens with zero attached hydrogens (tertiary/aromatic N) is 2. The molecule has 0 saturated heterocycles. The molecule has 10 heteroatoms. The smallest absolute Gasteiger partial charge is 0.390 e. The molecule has 3 rings (SSSR count). The van der Waals surface area contributed by atoms with Gasteiger partial charge in [0, 0.05) is 11.2 Å². The molecule has 0 aliphatic heterocycles. The fourth-order valence-electron chi connectivity index (χ4n) is 3.57. The summed E-state index contributed by atoms with van der Waals surface area (Å²) in [5.41, 5.74) is 5.04. The predicted octanol–water partition coefficient (Wildman–Crippen LogP) is -0.523. The number of aromatic nitrogens is 2. The van der Waals surface area contributed by atoms with Gasteiger partial charge in [-0.25, -0.2) is 9.13 Å². The summed E-state index contributed by atoms with van der Waals surface area (Å²) < 4.78 is 3.93. The van der Waals surface area contributed by atoms with Crippen LogP contribution < -0.4 is 9.75 Å². The van der Waals surface area contributed by atoms with Gasteiger partial charge in [-0.1, -0.05) is 24.3 Å². The lowest BCUT2D eigenvalue weighted by Crippen LogP contribution is -2.48. The minimum atomic E-state index is -4.30. The molecule has 160 valence electrons. The third-order valence-corrected chi connectivity index (χ3v) is 7.11. The molecule has 0 bridgehead atoms. The number of aryl methyl sites for hydroxylation is 3. The van der Waals surface area contributed by atoms with Crippen molar-refractivity contribution in [2.24, 2.45) is 0 Å². The van der Waals surface area contributed by atoms with Gasteiger partial charge >= 0.3 is 17.6 Å². The van der Waals surface area contributed by atoms with E-state index in [1.807, 2.05) is 53.8 Å². The fourth-order valence-corrected chi connectivity index (χ4v) is 4.82. The van der Waals surface area contributed by atoms with Crippen LogP contribution in [-0.2, 0) is 6.54 Å². The van der Waals surface area contributed by atoms with E-state index in [4.69, 9.17) is 14.4 Å². The van der Waals surface area contributed by atoms with Crippen LogP contribution in [0.15, 0.2) is 55.1 Å². The van der Waals surface area contributed by atoms with Gasteiger partial charge in [0.2, 0.25) is 6.33 Å². The highest BCUT2D eigenvalue weighted by Crippen LogP contribution is 2.25. The first-order valence-corrected chi connectivity index (χ1v) is 13.5. The summed E-state index contributed by atoms with van der Waals surface area (Å²) in [6, 6.07) is 10.7. The average Bonchev–Trinajstić information content (AvgIpc) is 3.07. The second-order valence-corrected chi connectivity index (χ2v) is 11.5. The Hall–Kier alpha value is -2.16. The van der Waals surface area contributed by atoms with Crippen molar-refractivity contribution in [3.63, 3.8) is 0 Å². The standard InChI is InChI=1S/C20H27N2O6Si2/c1-15-12-18(17-4-6-19(7-5-17)30(26,27)28)13-16(2)20(15)22-10-9-21(14-22)8-3-11-29(23,24)25/h4-7,9-10,12-14,23-28H,3,8,11H2,1-2H3/q+1. The second-order valence-electron chi connectivity index (χ2n) is 7.61. The zero-order valence-corrected chi connectivity index (χ0v) is 18.9. The van der Waals surface area contributed by atoms with Crippen LogP contribution in [0.3, 0.4) is 0 Å². The summed E-state index contributed by atoms with van der Waals surface area (Å²) in [7, 11) is -8.29. The van der Waals surface area contributed by atoms with Crippen molar-refractivity contribution in [2.45, 2.75) is 32.9 Å². The molecule has 6 N–H and O–H groups in total. The molecule has 0 atom stereocenters. The molecule has 8 nitrogen and oxygen atoms in total. The third kappa shape index (κ3) is 5.50. The largest absolute Gasteiger partial charge is 0.528 e. The second kappa shape index (κ2) is 8.53. The van der Waals surface area contributed by atoms with Crippen molar-refractivity contribution < 1.29 is 33.3 Å². The lowest BCUT2D eigenvalue weighted by atomic mass is 9.99. The predicted molar refractivity (Wildman–Crippen MR) is 115 cm³/mol. The Balaban J connectivity index is 1.82. The monoisotopic (exact) mass is 447 g/mol. The molecule has 2 aromatic carbocycles. The van der Waals surface area contributed by atoms with E-state index in [0.717, 1.165) is 27.9 Å². The highest BCUT2D eigenvalue weighted by atomic mass is 28.4. The van der Waals surface area contributed by atoms with E-state index in [9.17, 15) is 14.4 Å². The molecular formula is C20H27N2O6Si2+. The Kier molecular flexibility index (Phi) is 6.41. The van der Waals surface area contributed by atoms with Crippen LogP contribution >= 0.6 is 0 Å². The Bertz CT molecular complexity index is 1000. The molecule has 1 heterocycles. The normalized spacial score (nSPS) is 12.4. The van der Waals surface area contributed by atoms with Gasteiger partial charge in [0.25, 0.3) is 0 Å². The molecule has 0 aliphatic rings. The summed E-state index contributed by atoms with van der Waals surface area (Å²) in [5.74, 6) is 0. The lowest BCUT2D eigenvalue weighted by Gasteiger charge is -2.12. The number of rotatable bonds is 7. The van der Waals surface area contributed by atoms with Gasteiger partial charge in [-0.15, -0.1) is 0 Å². The summed E-state index contributed by atoms with van der Waals surface area (Å²) >= 11 is 0. The van der Waals surface area contributed by atoms with Gasteiger partial charge in [0.05, 0.1) is 6.54 Å². The molecule has 0 amide bonds. The number of hydrogen-bond acceptors (Lipinski definition) is 6. The minimum absolute atomic E-state index is 0.00315. The van der Waals surface area contributed by atoms with Crippen LogP contribution in [0.5, 0.6) is 0 Å². The molecule has 30 heavy (non-hydrogen) atoms. The van der Waals surface area contributed by atoms with Crippen LogP contribution in [-0.4, -0.2) is 50.9 Å². The van der Waals surface area contributed by atoms with E-state index in [1.165, 1.54) is 12.1 Å². The highest BCUT2D eigenvalue weighted by molar-refractivity contribution is 6.71. The van der Waals surface area contributed by atoms with Gasteiger partial charge in [0.1, 0.15) is 18.1 Å². The molecule has 0 fully saturated rings. The van der Waals surface area contributed by atoms with Crippen LogP contribution in [0.4, 0.5) is 0 Å². The van der Waals surface area contributed by atoms with E-state index in [0.29, 0.717) is 13.0 Å². The minimum Gasteiger partial charge on any atom is -0.390 e. The first kappa shape index (κ1) is 22.5. The van der Waals surface area contributed by atoms with Crippen LogP contribution in [0.2, 0.25) is 6.04 Å². The quantitative estimate of drug-likeness (QED) is 0.213. The summed E-state index contributed by atoms with van der Waals surface area (Å²) in [4.78, 5) is 55.6. The average molecular weight is 448 g/mol. The molecule has 0 aliphatic carbocycles. The van der Waals surface area contributed by atoms with Gasteiger partial charge in [-0.05, 0) is 54.7 Å². The Morgan fingerprint density at radius 2 is 1.47 bits per heavy atom. The van der Waals surface area contributed by atoms with Gasteiger partial charge in [0.15, 0.2) is 0 Å². The Morgan fingerprint density at radius 1 is 0.867 bits per heavy atom. The zero-order valence-electron chi connectivity index (χ0n) is 16.9. The van der Waals surface area contributed by atoms with Crippen molar-refractivity contribution in [1.29, 1.82) is 0 Å². The van der Waals surface area contributed by atoms with Crippen molar-refractivity contribution in [3.05, 3.63) is 66.2 Å². The maximum Gasteiger partial charge on any atom is 0.528 e. The van der Waals surface area contributed by atoms with E-state index >= 15 is 0 Å². The van der Waals surface area contributed by atoms with Crippen molar-refractivity contribution >= 4 is 22.8 Å². The lowest BCUT2D eigenvalue weighted by molar-refractivity contribution is -0.596. The summed E-state index contributed by atoms with van der Waals surface area (Å²) in [6.07, 6.45) is 6.22. The molecule has 3 aromatic rings. The van der Waals surface area contributed by atoms with Crippen LogP contribution in [0.25, 0.3) is 16.8 Å². The number of hydrogen-bond donors (Lipinski definition) is 6. The van der Waals surface area contributed by atoms with E-state index in [2.05, 4.69) is 0 Å². The fraction of sp³-hybridized carbons (Fsp3) is 0.250. The maximum absolute atomic E-state index is 9.41. The van der Waals surface area contributed by atoms with Crippen LogP contribution in [0.1, 0.15) is 17.5 Å². The van der Waals surface area contributed by atoms with Gasteiger partial charge in [-0.3, -0.25) is 0 Å². The van der Waals surface area contributed by atoms with Crippen molar-refractivity contribution in [1.82, 2.24) is 4.57 Å². The molecular weight excluding hydrogens is 420 g/mol. The Labute approximate surface area is 176 Å². The molecule has 0 radical (unpaired) electrons. The van der Waals surface area contributed by atoms with Crippen molar-refractivity contribution in [2.75, 3.05) is 0 Å². The topological polar surface area (TPSA) is 130 Å². The van der Waals surface area contributed by atoms with Crippen molar-refractivity contribution in [3.8, 4) is 16.8 Å². The highest BCUT2D eigenvalue weighted by Gasteiger charge is 2.30. The molecule has 0 spiro atoms. The molecule has 0 saturated carbocycles. The van der Waals surface area contributed by atoms with Gasteiger partial charge < -0.3 is 28.8 Å². The van der Waals surface area contributed by atoms with Crippen LogP contribution in [0, 0.1) is 13.8 Å². The zero-order chi connectivity index (χ0) is 22.1. The number of imidazole rings is 1. The molecule has 0 unspecified atom stereocenters. The summed E-state index contributed by atoms with van der Waals surface area (Å²) in [6.45, 7) is 4.60. The SMILES string of the molecule is Cc1cc(-c2ccc([Si](O)(O)O)cc2)cc(C)c1-[n+]1ccn(CCC[Si](O)(O)O)c1. The number of benzene rings is 2. The Morgan fingerprint density at radius 3 is 2.00 bits per heavy atom. The van der Waals surface area contributed by atoms with E-state index < -0.39 is 17.6 Å². The maximum atomic E-state index is 9.41. The third-order valence-electron chi connectivity index (χ3n) is 4.97. The van der Waals surface area contributed by atoms with Gasteiger partial charge in [-0.2, -0.15) is 0 Å². The van der Waals surface area contributed by atoms with E-state index in [1.54, 1.807) is 12.1 Å². The molecule has 1 aromatic heterocycles. The first-order valence-electron chi connectivity index (χ1n) is 9.58.